The summed E-state index contributed by atoms with van der Waals surface area (Å²) in [5.74, 6) is 1.42. The molecular formula is C13H16. The molecular weight excluding hydrogens is 156 g/mol. The van der Waals surface area contributed by atoms with Crippen molar-refractivity contribution in [2.24, 2.45) is 11.8 Å². The number of fused-ring (bicyclic) bond motifs is 1. The molecule has 0 fully saturated rings. The van der Waals surface area contributed by atoms with Crippen molar-refractivity contribution in [1.82, 2.24) is 0 Å². The lowest BCUT2D eigenvalue weighted by Crippen LogP contribution is -2.15. The monoisotopic (exact) mass is 172 g/mol. The van der Waals surface area contributed by atoms with Gasteiger partial charge in [-0.25, -0.2) is 0 Å². The van der Waals surface area contributed by atoms with Crippen molar-refractivity contribution in [3.8, 4) is 0 Å². The molecule has 0 bridgehead atoms. The third-order valence-electron chi connectivity index (χ3n) is 2.93. The first-order valence-electron chi connectivity index (χ1n) is 5.05. The van der Waals surface area contributed by atoms with Gasteiger partial charge in [0, 0.05) is 5.92 Å². The van der Waals surface area contributed by atoms with Gasteiger partial charge in [0.25, 0.3) is 0 Å². The first-order chi connectivity index (χ1) is 6.40. The van der Waals surface area contributed by atoms with Crippen LogP contribution in [0.1, 0.15) is 19.3 Å². The fraction of sp³-hybridized carbons (Fsp3) is 0.385. The SMILES string of the molecule is C=CCC1=CC2C=CC=CC2CC1. The Morgan fingerprint density at radius 3 is 3.08 bits per heavy atom. The van der Waals surface area contributed by atoms with E-state index < -0.39 is 0 Å². The average molecular weight is 172 g/mol. The highest BCUT2D eigenvalue weighted by atomic mass is 14.3. The van der Waals surface area contributed by atoms with Gasteiger partial charge >= 0.3 is 0 Å². The molecule has 0 amide bonds. The van der Waals surface area contributed by atoms with Crippen molar-refractivity contribution in [3.63, 3.8) is 0 Å². The van der Waals surface area contributed by atoms with Gasteiger partial charge in [-0.05, 0) is 25.2 Å². The summed E-state index contributed by atoms with van der Waals surface area (Å²) in [6, 6.07) is 0. The van der Waals surface area contributed by atoms with Crippen molar-refractivity contribution in [2.45, 2.75) is 19.3 Å². The lowest BCUT2D eigenvalue weighted by atomic mass is 9.78. The fourth-order valence-corrected chi connectivity index (χ4v) is 2.20. The summed E-state index contributed by atoms with van der Waals surface area (Å²) in [6.45, 7) is 3.79. The Labute approximate surface area is 80.3 Å². The molecule has 0 aliphatic heterocycles. The summed E-state index contributed by atoms with van der Waals surface area (Å²) in [4.78, 5) is 0. The summed E-state index contributed by atoms with van der Waals surface area (Å²) >= 11 is 0. The molecule has 0 radical (unpaired) electrons. The first kappa shape index (κ1) is 8.55. The zero-order valence-corrected chi connectivity index (χ0v) is 7.95. The molecule has 0 nitrogen and oxygen atoms in total. The van der Waals surface area contributed by atoms with E-state index in [0.29, 0.717) is 5.92 Å². The topological polar surface area (TPSA) is 0 Å². The van der Waals surface area contributed by atoms with Crippen LogP contribution in [0.15, 0.2) is 48.6 Å². The van der Waals surface area contributed by atoms with Gasteiger partial charge in [-0.15, -0.1) is 6.58 Å². The second-order valence-corrected chi connectivity index (χ2v) is 3.87. The Bertz CT molecular complexity index is 278. The highest BCUT2D eigenvalue weighted by Gasteiger charge is 2.21. The summed E-state index contributed by atoms with van der Waals surface area (Å²) in [5.41, 5.74) is 1.57. The zero-order chi connectivity index (χ0) is 9.10. The molecule has 0 heterocycles. The largest absolute Gasteiger partial charge is 0.103 e. The van der Waals surface area contributed by atoms with Crippen LogP contribution in [0, 0.1) is 11.8 Å². The Kier molecular flexibility index (Phi) is 2.49. The van der Waals surface area contributed by atoms with Crippen molar-refractivity contribution in [2.75, 3.05) is 0 Å². The second kappa shape index (κ2) is 3.78. The summed E-state index contributed by atoms with van der Waals surface area (Å²) in [7, 11) is 0. The molecule has 0 saturated heterocycles. The summed E-state index contributed by atoms with van der Waals surface area (Å²) in [6.07, 6.45) is 17.1. The van der Waals surface area contributed by atoms with Gasteiger partial charge in [-0.2, -0.15) is 0 Å². The maximum atomic E-state index is 3.79. The average Bonchev–Trinajstić information content (AvgIpc) is 2.18. The van der Waals surface area contributed by atoms with E-state index in [2.05, 4.69) is 37.0 Å². The van der Waals surface area contributed by atoms with Crippen LogP contribution < -0.4 is 0 Å². The van der Waals surface area contributed by atoms with Gasteiger partial charge in [0.05, 0.1) is 0 Å². The molecule has 68 valence electrons. The lowest BCUT2D eigenvalue weighted by molar-refractivity contribution is 0.477. The molecule has 0 aromatic rings. The standard InChI is InChI=1S/C13H16/c1-2-5-11-8-9-12-6-3-4-7-13(12)10-11/h2-4,6-7,10,12-13H,1,5,8-9H2. The van der Waals surface area contributed by atoms with E-state index in [1.807, 2.05) is 6.08 Å². The third kappa shape index (κ3) is 1.82. The van der Waals surface area contributed by atoms with E-state index in [-0.39, 0.29) is 0 Å². The van der Waals surface area contributed by atoms with Crippen LogP contribution in [-0.4, -0.2) is 0 Å². The van der Waals surface area contributed by atoms with E-state index in [4.69, 9.17) is 0 Å². The minimum absolute atomic E-state index is 0.661. The molecule has 0 heteroatoms. The molecule has 0 aromatic heterocycles. The van der Waals surface area contributed by atoms with Gasteiger partial charge < -0.3 is 0 Å². The maximum absolute atomic E-state index is 3.79. The predicted molar refractivity (Wildman–Crippen MR) is 57.4 cm³/mol. The number of rotatable bonds is 2. The smallest absolute Gasteiger partial charge is 0.00155 e. The zero-order valence-electron chi connectivity index (χ0n) is 7.95. The Morgan fingerprint density at radius 1 is 1.38 bits per heavy atom. The maximum Gasteiger partial charge on any atom is 0.00155 e. The van der Waals surface area contributed by atoms with E-state index >= 15 is 0 Å². The van der Waals surface area contributed by atoms with E-state index in [1.54, 1.807) is 5.57 Å². The number of hydrogen-bond donors (Lipinski definition) is 0. The van der Waals surface area contributed by atoms with Crippen LogP contribution in [0.5, 0.6) is 0 Å². The third-order valence-corrected chi connectivity index (χ3v) is 2.93. The molecule has 0 saturated carbocycles. The van der Waals surface area contributed by atoms with Crippen molar-refractivity contribution in [1.29, 1.82) is 0 Å². The minimum atomic E-state index is 0.661. The van der Waals surface area contributed by atoms with Gasteiger partial charge in [-0.1, -0.05) is 42.0 Å². The summed E-state index contributed by atoms with van der Waals surface area (Å²) in [5, 5.41) is 0. The van der Waals surface area contributed by atoms with Gasteiger partial charge in [0.15, 0.2) is 0 Å². The van der Waals surface area contributed by atoms with Crippen LogP contribution in [0.3, 0.4) is 0 Å². The molecule has 0 N–H and O–H groups in total. The van der Waals surface area contributed by atoms with Gasteiger partial charge in [-0.3, -0.25) is 0 Å². The highest BCUT2D eigenvalue weighted by molar-refractivity contribution is 5.24. The van der Waals surface area contributed by atoms with Crippen LogP contribution in [0.4, 0.5) is 0 Å². The fourth-order valence-electron chi connectivity index (χ4n) is 2.20. The predicted octanol–water partition coefficient (Wildman–Crippen LogP) is 3.64. The van der Waals surface area contributed by atoms with Gasteiger partial charge in [0.2, 0.25) is 0 Å². The molecule has 2 aliphatic rings. The molecule has 2 atom stereocenters. The first-order valence-corrected chi connectivity index (χ1v) is 5.05. The Hall–Kier alpha value is -1.04. The molecule has 2 unspecified atom stereocenters. The molecule has 2 rings (SSSR count). The van der Waals surface area contributed by atoms with Crippen LogP contribution >= 0.6 is 0 Å². The lowest BCUT2D eigenvalue weighted by Gasteiger charge is -2.27. The Balaban J connectivity index is 2.12. The van der Waals surface area contributed by atoms with E-state index in [9.17, 15) is 0 Å². The Morgan fingerprint density at radius 2 is 2.23 bits per heavy atom. The number of hydrogen-bond acceptors (Lipinski definition) is 0. The molecule has 0 spiro atoms. The van der Waals surface area contributed by atoms with Crippen molar-refractivity contribution in [3.05, 3.63) is 48.6 Å². The van der Waals surface area contributed by atoms with E-state index in [1.165, 1.54) is 12.8 Å². The molecule has 0 aromatic carbocycles. The molecule has 2 aliphatic carbocycles. The van der Waals surface area contributed by atoms with Crippen LogP contribution in [0.2, 0.25) is 0 Å². The van der Waals surface area contributed by atoms with Crippen molar-refractivity contribution >= 4 is 0 Å². The quantitative estimate of drug-likeness (QED) is 0.558. The highest BCUT2D eigenvalue weighted by Crippen LogP contribution is 2.33. The van der Waals surface area contributed by atoms with E-state index in [0.717, 1.165) is 12.3 Å². The molecule has 13 heavy (non-hydrogen) atoms. The van der Waals surface area contributed by atoms with Crippen LogP contribution in [-0.2, 0) is 0 Å². The second-order valence-electron chi connectivity index (χ2n) is 3.87. The minimum Gasteiger partial charge on any atom is -0.103 e. The van der Waals surface area contributed by atoms with Crippen molar-refractivity contribution < 1.29 is 0 Å². The normalized spacial score (nSPS) is 30.9. The van der Waals surface area contributed by atoms with Gasteiger partial charge in [0.1, 0.15) is 0 Å². The summed E-state index contributed by atoms with van der Waals surface area (Å²) < 4.78 is 0. The number of allylic oxidation sites excluding steroid dienone is 7. The van der Waals surface area contributed by atoms with Crippen LogP contribution in [0.25, 0.3) is 0 Å².